The molecule has 1 aromatic heterocycles. The minimum atomic E-state index is 0.302. The molecule has 3 nitrogen and oxygen atoms in total. The largest absolute Gasteiger partial charge is 0.359 e. The second-order valence-corrected chi connectivity index (χ2v) is 5.15. The number of nitrogens with one attached hydrogen (secondary N) is 1. The number of anilines is 1. The standard InChI is InChI=1S/C11H16ClN3S/c1-3-4-5-6-8(2)14-11-15-10(12)9(7-13)16-11/h8H,3-6H2,1-2H3,(H,14,15). The number of unbranched alkanes of at least 4 members (excludes halogenated alkanes) is 2. The first-order valence-corrected chi connectivity index (χ1v) is 6.69. The van der Waals surface area contributed by atoms with Gasteiger partial charge >= 0.3 is 0 Å². The Bertz CT molecular complexity index is 370. The van der Waals surface area contributed by atoms with E-state index in [2.05, 4.69) is 24.1 Å². The molecule has 1 N–H and O–H groups in total. The van der Waals surface area contributed by atoms with E-state index in [-0.39, 0.29) is 0 Å². The van der Waals surface area contributed by atoms with Crippen LogP contribution in [0.3, 0.4) is 0 Å². The van der Waals surface area contributed by atoms with Crippen LogP contribution in [0.2, 0.25) is 5.15 Å². The van der Waals surface area contributed by atoms with Gasteiger partial charge < -0.3 is 5.32 Å². The Morgan fingerprint density at radius 1 is 1.56 bits per heavy atom. The van der Waals surface area contributed by atoms with E-state index in [0.717, 1.165) is 11.6 Å². The van der Waals surface area contributed by atoms with Gasteiger partial charge in [-0.05, 0) is 13.3 Å². The lowest BCUT2D eigenvalue weighted by Crippen LogP contribution is -2.14. The molecule has 0 fully saturated rings. The van der Waals surface area contributed by atoms with Crippen LogP contribution in [0.4, 0.5) is 5.13 Å². The van der Waals surface area contributed by atoms with Crippen molar-refractivity contribution in [3.8, 4) is 6.07 Å². The zero-order valence-corrected chi connectivity index (χ0v) is 11.2. The maximum Gasteiger partial charge on any atom is 0.185 e. The zero-order valence-electron chi connectivity index (χ0n) is 9.59. The highest BCUT2D eigenvalue weighted by Gasteiger charge is 2.10. The Morgan fingerprint density at radius 3 is 2.88 bits per heavy atom. The lowest BCUT2D eigenvalue weighted by atomic mass is 10.1. The minimum Gasteiger partial charge on any atom is -0.359 e. The van der Waals surface area contributed by atoms with Gasteiger partial charge in [-0.3, -0.25) is 0 Å². The van der Waals surface area contributed by atoms with Gasteiger partial charge in [-0.1, -0.05) is 49.1 Å². The van der Waals surface area contributed by atoms with Gasteiger partial charge in [0.05, 0.1) is 0 Å². The number of nitrogens with zero attached hydrogens (tertiary/aromatic N) is 2. The quantitative estimate of drug-likeness (QED) is 0.782. The maximum atomic E-state index is 8.75. The fourth-order valence-electron chi connectivity index (χ4n) is 1.42. The molecule has 0 aliphatic carbocycles. The number of hydrogen-bond acceptors (Lipinski definition) is 4. The molecule has 0 saturated heterocycles. The summed E-state index contributed by atoms with van der Waals surface area (Å²) in [5, 5.41) is 13.1. The summed E-state index contributed by atoms with van der Waals surface area (Å²) in [5.74, 6) is 0. The SMILES string of the molecule is CCCCCC(C)Nc1nc(Cl)c(C#N)s1. The summed E-state index contributed by atoms with van der Waals surface area (Å²) >= 11 is 7.10. The molecular weight excluding hydrogens is 242 g/mol. The summed E-state index contributed by atoms with van der Waals surface area (Å²) in [5.41, 5.74) is 0. The van der Waals surface area contributed by atoms with Crippen LogP contribution >= 0.6 is 22.9 Å². The van der Waals surface area contributed by atoms with Crippen LogP contribution in [-0.2, 0) is 0 Å². The van der Waals surface area contributed by atoms with Gasteiger partial charge in [-0.15, -0.1) is 0 Å². The van der Waals surface area contributed by atoms with E-state index in [4.69, 9.17) is 16.9 Å². The van der Waals surface area contributed by atoms with Gasteiger partial charge in [0.25, 0.3) is 0 Å². The van der Waals surface area contributed by atoms with Crippen molar-refractivity contribution in [1.29, 1.82) is 5.26 Å². The summed E-state index contributed by atoms with van der Waals surface area (Å²) < 4.78 is 0. The van der Waals surface area contributed by atoms with Crippen molar-refractivity contribution < 1.29 is 0 Å². The smallest absolute Gasteiger partial charge is 0.185 e. The fourth-order valence-corrected chi connectivity index (χ4v) is 2.47. The predicted molar refractivity (Wildman–Crippen MR) is 69.1 cm³/mol. The number of aromatic nitrogens is 1. The summed E-state index contributed by atoms with van der Waals surface area (Å²) in [7, 11) is 0. The minimum absolute atomic E-state index is 0.302. The van der Waals surface area contributed by atoms with E-state index in [1.165, 1.54) is 30.6 Å². The summed E-state index contributed by atoms with van der Waals surface area (Å²) in [6.45, 7) is 4.31. The average Bonchev–Trinajstić information content (AvgIpc) is 2.59. The first-order valence-electron chi connectivity index (χ1n) is 5.50. The van der Waals surface area contributed by atoms with Crippen LogP contribution in [0, 0.1) is 11.3 Å². The Balaban J connectivity index is 2.44. The number of hydrogen-bond donors (Lipinski definition) is 1. The Morgan fingerprint density at radius 2 is 2.31 bits per heavy atom. The molecule has 1 rings (SSSR count). The van der Waals surface area contributed by atoms with E-state index in [9.17, 15) is 0 Å². The van der Waals surface area contributed by atoms with E-state index in [1.807, 2.05) is 6.07 Å². The van der Waals surface area contributed by atoms with E-state index in [0.29, 0.717) is 16.1 Å². The second-order valence-electron chi connectivity index (χ2n) is 3.79. The lowest BCUT2D eigenvalue weighted by Gasteiger charge is -2.11. The average molecular weight is 258 g/mol. The summed E-state index contributed by atoms with van der Waals surface area (Å²) in [6.07, 6.45) is 4.82. The molecule has 1 aromatic rings. The number of nitriles is 1. The monoisotopic (exact) mass is 257 g/mol. The molecule has 1 atom stereocenters. The molecule has 0 spiro atoms. The van der Waals surface area contributed by atoms with Crippen molar-refractivity contribution in [3.05, 3.63) is 10.0 Å². The Hall–Kier alpha value is -0.790. The van der Waals surface area contributed by atoms with Crippen LogP contribution in [0.1, 0.15) is 44.4 Å². The highest BCUT2D eigenvalue weighted by molar-refractivity contribution is 7.16. The molecule has 0 amide bonds. The summed E-state index contributed by atoms with van der Waals surface area (Å²) in [4.78, 5) is 4.58. The number of halogens is 1. The first kappa shape index (κ1) is 13.3. The molecule has 0 aromatic carbocycles. The van der Waals surface area contributed by atoms with Crippen LogP contribution in [0.5, 0.6) is 0 Å². The van der Waals surface area contributed by atoms with Crippen molar-refractivity contribution in [3.63, 3.8) is 0 Å². The molecule has 0 aliphatic heterocycles. The molecule has 1 heterocycles. The lowest BCUT2D eigenvalue weighted by molar-refractivity contribution is 0.615. The number of thiazole rings is 1. The van der Waals surface area contributed by atoms with Gasteiger partial charge in [0, 0.05) is 6.04 Å². The fraction of sp³-hybridized carbons (Fsp3) is 0.636. The van der Waals surface area contributed by atoms with Crippen LogP contribution in [0.25, 0.3) is 0 Å². The molecule has 0 aliphatic rings. The predicted octanol–water partition coefficient (Wildman–Crippen LogP) is 4.05. The summed E-state index contributed by atoms with van der Waals surface area (Å²) in [6, 6.07) is 2.40. The Kier molecular flexibility index (Phi) is 5.58. The van der Waals surface area contributed by atoms with E-state index in [1.54, 1.807) is 0 Å². The molecule has 1 unspecified atom stereocenters. The van der Waals surface area contributed by atoms with Gasteiger partial charge in [0.1, 0.15) is 10.9 Å². The number of rotatable bonds is 6. The van der Waals surface area contributed by atoms with Crippen molar-refractivity contribution in [2.75, 3.05) is 5.32 Å². The molecule has 5 heteroatoms. The molecule has 0 bridgehead atoms. The highest BCUT2D eigenvalue weighted by atomic mass is 35.5. The van der Waals surface area contributed by atoms with Crippen LogP contribution in [0.15, 0.2) is 0 Å². The van der Waals surface area contributed by atoms with Gasteiger partial charge in [0.2, 0.25) is 0 Å². The van der Waals surface area contributed by atoms with E-state index >= 15 is 0 Å². The third-order valence-electron chi connectivity index (χ3n) is 2.30. The zero-order chi connectivity index (χ0) is 12.0. The van der Waals surface area contributed by atoms with Crippen molar-refractivity contribution in [2.45, 2.75) is 45.6 Å². The third kappa shape index (κ3) is 3.99. The third-order valence-corrected chi connectivity index (χ3v) is 3.57. The van der Waals surface area contributed by atoms with Crippen LogP contribution < -0.4 is 5.32 Å². The molecule has 88 valence electrons. The normalized spacial score (nSPS) is 12.1. The van der Waals surface area contributed by atoms with Crippen molar-refractivity contribution in [1.82, 2.24) is 4.98 Å². The van der Waals surface area contributed by atoms with Crippen LogP contribution in [-0.4, -0.2) is 11.0 Å². The topological polar surface area (TPSA) is 48.7 Å². The molecule has 0 radical (unpaired) electrons. The first-order chi connectivity index (χ1) is 7.67. The van der Waals surface area contributed by atoms with Gasteiger partial charge in [-0.2, -0.15) is 5.26 Å². The van der Waals surface area contributed by atoms with Crippen molar-refractivity contribution >= 4 is 28.1 Å². The second kappa shape index (κ2) is 6.72. The van der Waals surface area contributed by atoms with Crippen molar-refractivity contribution in [2.24, 2.45) is 0 Å². The molecular formula is C11H16ClN3S. The highest BCUT2D eigenvalue weighted by Crippen LogP contribution is 2.26. The van der Waals surface area contributed by atoms with E-state index < -0.39 is 0 Å². The maximum absolute atomic E-state index is 8.75. The Labute approximate surface area is 105 Å². The molecule has 0 saturated carbocycles. The van der Waals surface area contributed by atoms with Gasteiger partial charge in [0.15, 0.2) is 10.3 Å². The van der Waals surface area contributed by atoms with Gasteiger partial charge in [-0.25, -0.2) is 4.98 Å². The molecule has 16 heavy (non-hydrogen) atoms.